The van der Waals surface area contributed by atoms with Gasteiger partial charge in [0.1, 0.15) is 0 Å². The molecule has 10 heavy (non-hydrogen) atoms. The maximum absolute atomic E-state index is 10.5. The van der Waals surface area contributed by atoms with E-state index in [-0.39, 0.29) is 0 Å². The predicted molar refractivity (Wildman–Crippen MR) is 29.8 cm³/mol. The van der Waals surface area contributed by atoms with Crippen LogP contribution in [0.3, 0.4) is 0 Å². The van der Waals surface area contributed by atoms with E-state index in [1.807, 2.05) is 0 Å². The summed E-state index contributed by atoms with van der Waals surface area (Å²) in [5, 5.41) is 21.5. The van der Waals surface area contributed by atoms with E-state index in [0.717, 1.165) is 0 Å². The first-order valence-corrected chi connectivity index (χ1v) is 2.67. The van der Waals surface area contributed by atoms with Gasteiger partial charge in [-0.3, -0.25) is 0 Å². The molecule has 6 nitrogen and oxygen atoms in total. The van der Waals surface area contributed by atoms with Crippen molar-refractivity contribution in [2.75, 3.05) is 0 Å². The van der Waals surface area contributed by atoms with Crippen LogP contribution in [0.1, 0.15) is 6.92 Å². The lowest BCUT2D eigenvalue weighted by atomic mass is 10.2. The standard InChI is InChI=1S/C4H8N2O4/c1-4(8)2(10-9)5-3(7)6-4/h2,8-9H,1H3,(H2,5,6,7). The Labute approximate surface area is 56.7 Å². The molecule has 6 heteroatoms. The summed E-state index contributed by atoms with van der Waals surface area (Å²) in [6, 6.07) is -0.580. The highest BCUT2D eigenvalue weighted by Gasteiger charge is 2.42. The number of amides is 2. The van der Waals surface area contributed by atoms with E-state index in [2.05, 4.69) is 15.5 Å². The second-order valence-electron chi connectivity index (χ2n) is 2.23. The van der Waals surface area contributed by atoms with Crippen LogP contribution in [0.25, 0.3) is 0 Å². The molecule has 1 saturated heterocycles. The molecule has 2 amide bonds. The van der Waals surface area contributed by atoms with Crippen LogP contribution in [0.15, 0.2) is 0 Å². The molecule has 0 aromatic carbocycles. The van der Waals surface area contributed by atoms with Gasteiger partial charge in [0.25, 0.3) is 0 Å². The van der Waals surface area contributed by atoms with E-state index in [4.69, 9.17) is 10.4 Å². The van der Waals surface area contributed by atoms with Crippen LogP contribution < -0.4 is 10.6 Å². The molecule has 58 valence electrons. The van der Waals surface area contributed by atoms with Crippen LogP contribution in [0.2, 0.25) is 0 Å². The molecule has 0 aromatic rings. The van der Waals surface area contributed by atoms with Gasteiger partial charge in [0.15, 0.2) is 5.72 Å². The van der Waals surface area contributed by atoms with Crippen LogP contribution >= 0.6 is 0 Å². The van der Waals surface area contributed by atoms with E-state index >= 15 is 0 Å². The lowest BCUT2D eigenvalue weighted by molar-refractivity contribution is -0.313. The summed E-state index contributed by atoms with van der Waals surface area (Å²) in [6.07, 6.45) is -1.11. The van der Waals surface area contributed by atoms with Gasteiger partial charge in [-0.05, 0) is 6.92 Å². The number of carbonyl (C=O) groups is 1. The summed E-state index contributed by atoms with van der Waals surface area (Å²) in [4.78, 5) is 14.2. The normalized spacial score (nSPS) is 39.1. The Balaban J connectivity index is 2.67. The average molecular weight is 148 g/mol. The van der Waals surface area contributed by atoms with Crippen molar-refractivity contribution < 1.29 is 20.0 Å². The Morgan fingerprint density at radius 2 is 2.40 bits per heavy atom. The molecule has 4 N–H and O–H groups in total. The molecule has 0 aromatic heterocycles. The fraction of sp³-hybridized carbons (Fsp3) is 0.750. The fourth-order valence-corrected chi connectivity index (χ4v) is 0.720. The van der Waals surface area contributed by atoms with Crippen LogP contribution in [0, 0.1) is 0 Å². The molecule has 0 aliphatic carbocycles. The quantitative estimate of drug-likeness (QED) is 0.278. The molecule has 1 heterocycles. The van der Waals surface area contributed by atoms with Gasteiger partial charge >= 0.3 is 6.03 Å². The largest absolute Gasteiger partial charge is 0.367 e. The van der Waals surface area contributed by atoms with Gasteiger partial charge in [-0.25, -0.2) is 14.9 Å². The smallest absolute Gasteiger partial charge is 0.319 e. The number of carbonyl (C=O) groups excluding carboxylic acids is 1. The van der Waals surface area contributed by atoms with Gasteiger partial charge in [0, 0.05) is 0 Å². The average Bonchev–Trinajstić information content (AvgIpc) is 2.04. The topological polar surface area (TPSA) is 90.8 Å². The summed E-state index contributed by atoms with van der Waals surface area (Å²) in [6.45, 7) is 1.30. The molecule has 1 fully saturated rings. The lowest BCUT2D eigenvalue weighted by Crippen LogP contribution is -2.47. The molecule has 2 atom stereocenters. The lowest BCUT2D eigenvalue weighted by Gasteiger charge is -2.19. The van der Waals surface area contributed by atoms with Gasteiger partial charge in [-0.15, -0.1) is 0 Å². The molecule has 0 radical (unpaired) electrons. The first-order valence-electron chi connectivity index (χ1n) is 2.67. The number of hydrogen-bond donors (Lipinski definition) is 4. The van der Waals surface area contributed by atoms with Gasteiger partial charge in [-0.1, -0.05) is 0 Å². The molecule has 1 aliphatic heterocycles. The molecule has 0 saturated carbocycles. The number of nitrogens with one attached hydrogen (secondary N) is 2. The highest BCUT2D eigenvalue weighted by atomic mass is 17.1. The van der Waals surface area contributed by atoms with Crippen LogP contribution in [0.4, 0.5) is 4.79 Å². The second kappa shape index (κ2) is 2.08. The Bertz CT molecular complexity index is 157. The summed E-state index contributed by atoms with van der Waals surface area (Å²) in [5.41, 5.74) is -1.55. The highest BCUT2D eigenvalue weighted by molar-refractivity contribution is 5.77. The predicted octanol–water partition coefficient (Wildman–Crippen LogP) is -1.18. The van der Waals surface area contributed by atoms with E-state index < -0.39 is 18.0 Å². The van der Waals surface area contributed by atoms with Crippen molar-refractivity contribution in [1.82, 2.24) is 10.6 Å². The first-order chi connectivity index (χ1) is 4.56. The minimum absolute atomic E-state index is 0.580. The van der Waals surface area contributed by atoms with Gasteiger partial charge in [-0.2, -0.15) is 0 Å². The maximum atomic E-state index is 10.5. The van der Waals surface area contributed by atoms with Crippen molar-refractivity contribution in [3.05, 3.63) is 0 Å². The third kappa shape index (κ3) is 1.04. The van der Waals surface area contributed by atoms with Crippen molar-refractivity contribution >= 4 is 6.03 Å². The Kier molecular flexibility index (Phi) is 1.51. The van der Waals surface area contributed by atoms with Gasteiger partial charge in [0.2, 0.25) is 6.23 Å². The van der Waals surface area contributed by atoms with Crippen molar-refractivity contribution in [1.29, 1.82) is 0 Å². The summed E-state index contributed by atoms with van der Waals surface area (Å²) in [5.74, 6) is 0. The third-order valence-corrected chi connectivity index (χ3v) is 1.24. The number of hydrogen-bond acceptors (Lipinski definition) is 4. The summed E-state index contributed by atoms with van der Waals surface area (Å²) < 4.78 is 0. The molecular weight excluding hydrogens is 140 g/mol. The molecule has 2 unspecified atom stereocenters. The zero-order valence-electron chi connectivity index (χ0n) is 5.29. The monoisotopic (exact) mass is 148 g/mol. The van der Waals surface area contributed by atoms with Gasteiger partial charge < -0.3 is 15.7 Å². The SMILES string of the molecule is CC1(O)NC(=O)NC1OO. The number of aliphatic hydroxyl groups is 1. The van der Waals surface area contributed by atoms with Crippen molar-refractivity contribution in [3.63, 3.8) is 0 Å². The molecular formula is C4H8N2O4. The zero-order valence-corrected chi connectivity index (χ0v) is 5.29. The summed E-state index contributed by atoms with van der Waals surface area (Å²) >= 11 is 0. The third-order valence-electron chi connectivity index (χ3n) is 1.24. The van der Waals surface area contributed by atoms with Crippen LogP contribution in [-0.4, -0.2) is 28.3 Å². The van der Waals surface area contributed by atoms with E-state index in [1.54, 1.807) is 0 Å². The molecule has 0 spiro atoms. The van der Waals surface area contributed by atoms with Crippen LogP contribution in [0.5, 0.6) is 0 Å². The maximum Gasteiger partial charge on any atom is 0.319 e. The number of urea groups is 1. The zero-order chi connectivity index (χ0) is 7.78. The Morgan fingerprint density at radius 1 is 1.80 bits per heavy atom. The molecule has 1 aliphatic rings. The second-order valence-corrected chi connectivity index (χ2v) is 2.23. The first kappa shape index (κ1) is 7.26. The van der Waals surface area contributed by atoms with E-state index in [1.165, 1.54) is 6.92 Å². The minimum Gasteiger partial charge on any atom is -0.367 e. The van der Waals surface area contributed by atoms with Gasteiger partial charge in [0.05, 0.1) is 0 Å². The Morgan fingerprint density at radius 3 is 2.60 bits per heavy atom. The van der Waals surface area contributed by atoms with Crippen molar-refractivity contribution in [2.45, 2.75) is 18.9 Å². The van der Waals surface area contributed by atoms with E-state index in [0.29, 0.717) is 0 Å². The van der Waals surface area contributed by atoms with Crippen molar-refractivity contribution in [3.8, 4) is 0 Å². The minimum atomic E-state index is -1.55. The Hall–Kier alpha value is -0.850. The fourth-order valence-electron chi connectivity index (χ4n) is 0.720. The molecule has 0 bridgehead atoms. The number of rotatable bonds is 1. The van der Waals surface area contributed by atoms with Crippen molar-refractivity contribution in [2.24, 2.45) is 0 Å². The summed E-state index contributed by atoms with van der Waals surface area (Å²) in [7, 11) is 0. The van der Waals surface area contributed by atoms with Crippen LogP contribution in [-0.2, 0) is 4.89 Å². The highest BCUT2D eigenvalue weighted by Crippen LogP contribution is 2.11. The van der Waals surface area contributed by atoms with E-state index in [9.17, 15) is 4.79 Å². The molecule has 1 rings (SSSR count).